The molecule has 0 aromatic heterocycles. The van der Waals surface area contributed by atoms with Gasteiger partial charge in [0.05, 0.1) is 12.6 Å². The molecule has 0 radical (unpaired) electrons. The summed E-state index contributed by atoms with van der Waals surface area (Å²) in [7, 11) is 1.67. The van der Waals surface area contributed by atoms with Crippen LogP contribution in [0.3, 0.4) is 0 Å². The Hall–Kier alpha value is -1.47. The number of hydrogen-bond donors (Lipinski definition) is 3. The molecular formula is C17H31N3O4. The lowest BCUT2D eigenvalue weighted by molar-refractivity contribution is -0.148. The second-order valence-electron chi connectivity index (χ2n) is 6.97. The SMILES string of the molecule is CCC(C)(C)N(C(=O)CNC)C(CC1CCCNC1=O)C(=O)CO. The Morgan fingerprint density at radius 2 is 2.12 bits per heavy atom. The van der Waals surface area contributed by atoms with E-state index in [0.29, 0.717) is 19.4 Å². The van der Waals surface area contributed by atoms with Crippen molar-refractivity contribution in [3.63, 3.8) is 0 Å². The molecule has 1 aliphatic heterocycles. The van der Waals surface area contributed by atoms with Gasteiger partial charge in [0.1, 0.15) is 6.61 Å². The van der Waals surface area contributed by atoms with E-state index in [9.17, 15) is 19.5 Å². The number of hydrogen-bond acceptors (Lipinski definition) is 5. The number of nitrogens with zero attached hydrogens (tertiary/aromatic N) is 1. The third-order valence-electron chi connectivity index (χ3n) is 4.86. The van der Waals surface area contributed by atoms with Gasteiger partial charge in [0.25, 0.3) is 0 Å². The van der Waals surface area contributed by atoms with Crippen molar-refractivity contribution in [1.82, 2.24) is 15.5 Å². The van der Waals surface area contributed by atoms with Crippen LogP contribution in [-0.4, -0.2) is 65.9 Å². The minimum absolute atomic E-state index is 0.0766. The van der Waals surface area contributed by atoms with Gasteiger partial charge in [-0.25, -0.2) is 0 Å². The minimum atomic E-state index is -0.792. The van der Waals surface area contributed by atoms with Crippen LogP contribution >= 0.6 is 0 Å². The van der Waals surface area contributed by atoms with E-state index < -0.39 is 24.0 Å². The summed E-state index contributed by atoms with van der Waals surface area (Å²) in [5, 5.41) is 15.0. The summed E-state index contributed by atoms with van der Waals surface area (Å²) >= 11 is 0. The second kappa shape index (κ2) is 9.13. The predicted molar refractivity (Wildman–Crippen MR) is 91.4 cm³/mol. The Labute approximate surface area is 144 Å². The molecule has 2 atom stereocenters. The molecule has 2 amide bonds. The first-order valence-corrected chi connectivity index (χ1v) is 8.66. The predicted octanol–water partition coefficient (Wildman–Crippen LogP) is 0.0693. The van der Waals surface area contributed by atoms with E-state index in [4.69, 9.17) is 0 Å². The molecule has 0 bridgehead atoms. The van der Waals surface area contributed by atoms with E-state index >= 15 is 0 Å². The second-order valence-corrected chi connectivity index (χ2v) is 6.97. The molecule has 0 aromatic carbocycles. The Morgan fingerprint density at radius 3 is 2.62 bits per heavy atom. The zero-order valence-corrected chi connectivity index (χ0v) is 15.2. The van der Waals surface area contributed by atoms with Crippen LogP contribution in [0.15, 0.2) is 0 Å². The first-order valence-electron chi connectivity index (χ1n) is 8.66. The zero-order valence-electron chi connectivity index (χ0n) is 15.2. The highest BCUT2D eigenvalue weighted by Gasteiger charge is 2.40. The molecule has 0 aromatic rings. The normalized spacial score (nSPS) is 19.5. The summed E-state index contributed by atoms with van der Waals surface area (Å²) in [4.78, 5) is 38.7. The lowest BCUT2D eigenvalue weighted by Gasteiger charge is -2.44. The fourth-order valence-electron chi connectivity index (χ4n) is 3.16. The van der Waals surface area contributed by atoms with Crippen LogP contribution < -0.4 is 10.6 Å². The lowest BCUT2D eigenvalue weighted by atomic mass is 9.86. The van der Waals surface area contributed by atoms with Crippen molar-refractivity contribution in [2.75, 3.05) is 26.7 Å². The van der Waals surface area contributed by atoms with Crippen LogP contribution in [0.4, 0.5) is 0 Å². The molecule has 0 spiro atoms. The first-order chi connectivity index (χ1) is 11.3. The molecular weight excluding hydrogens is 310 g/mol. The summed E-state index contributed by atoms with van der Waals surface area (Å²) in [6.45, 7) is 5.88. The largest absolute Gasteiger partial charge is 0.389 e. The van der Waals surface area contributed by atoms with E-state index in [0.717, 1.165) is 6.42 Å². The van der Waals surface area contributed by atoms with E-state index in [-0.39, 0.29) is 30.7 Å². The third kappa shape index (κ3) is 5.01. The number of nitrogens with one attached hydrogen (secondary N) is 2. The summed E-state index contributed by atoms with van der Waals surface area (Å²) in [5.41, 5.74) is -0.547. The maximum atomic E-state index is 12.7. The van der Waals surface area contributed by atoms with Gasteiger partial charge >= 0.3 is 0 Å². The van der Waals surface area contributed by atoms with Crippen LogP contribution in [0.5, 0.6) is 0 Å². The monoisotopic (exact) mass is 341 g/mol. The molecule has 7 heteroatoms. The van der Waals surface area contributed by atoms with Gasteiger partial charge in [0.15, 0.2) is 5.78 Å². The van der Waals surface area contributed by atoms with E-state index in [1.165, 1.54) is 0 Å². The summed E-state index contributed by atoms with van der Waals surface area (Å²) in [5.74, 6) is -1.00. The Bertz CT molecular complexity index is 465. The molecule has 2 unspecified atom stereocenters. The van der Waals surface area contributed by atoms with Gasteiger partial charge in [-0.15, -0.1) is 0 Å². The number of Topliss-reactive ketones (excluding diaryl/α,β-unsaturated/α-hetero) is 1. The molecule has 1 aliphatic rings. The zero-order chi connectivity index (χ0) is 18.3. The molecule has 138 valence electrons. The number of ketones is 1. The van der Waals surface area contributed by atoms with Gasteiger partial charge in [-0.1, -0.05) is 6.92 Å². The van der Waals surface area contributed by atoms with Gasteiger partial charge in [0.2, 0.25) is 11.8 Å². The van der Waals surface area contributed by atoms with Crippen LogP contribution in [-0.2, 0) is 14.4 Å². The summed E-state index contributed by atoms with van der Waals surface area (Å²) in [6.07, 6.45) is 2.47. The number of piperidine rings is 1. The number of likely N-dealkylation sites (N-methyl/N-ethyl adjacent to an activating group) is 1. The number of rotatable bonds is 9. The first kappa shape index (κ1) is 20.6. The molecule has 24 heavy (non-hydrogen) atoms. The molecule has 1 fully saturated rings. The van der Waals surface area contributed by atoms with Crippen LogP contribution in [0.25, 0.3) is 0 Å². The number of carbonyl (C=O) groups is 3. The van der Waals surface area contributed by atoms with Gasteiger partial charge in [-0.2, -0.15) is 0 Å². The van der Waals surface area contributed by atoms with Crippen molar-refractivity contribution in [2.24, 2.45) is 5.92 Å². The highest BCUT2D eigenvalue weighted by molar-refractivity contribution is 5.91. The maximum Gasteiger partial charge on any atom is 0.237 e. The van der Waals surface area contributed by atoms with E-state index in [1.807, 2.05) is 20.8 Å². The van der Waals surface area contributed by atoms with Gasteiger partial charge in [-0.05, 0) is 46.6 Å². The van der Waals surface area contributed by atoms with E-state index in [1.54, 1.807) is 11.9 Å². The molecule has 1 saturated heterocycles. The number of amides is 2. The Kier molecular flexibility index (Phi) is 7.83. The highest BCUT2D eigenvalue weighted by Crippen LogP contribution is 2.28. The topological polar surface area (TPSA) is 98.7 Å². The smallest absolute Gasteiger partial charge is 0.237 e. The third-order valence-corrected chi connectivity index (χ3v) is 4.86. The molecule has 1 rings (SSSR count). The summed E-state index contributed by atoms with van der Waals surface area (Å²) in [6, 6.07) is -0.792. The van der Waals surface area contributed by atoms with Gasteiger partial charge in [0, 0.05) is 18.0 Å². The van der Waals surface area contributed by atoms with Crippen molar-refractivity contribution in [3.8, 4) is 0 Å². The maximum absolute atomic E-state index is 12.7. The number of aliphatic hydroxyl groups excluding tert-OH is 1. The van der Waals surface area contributed by atoms with Gasteiger partial charge < -0.3 is 20.6 Å². The Balaban J connectivity index is 3.13. The van der Waals surface area contributed by atoms with Crippen molar-refractivity contribution < 1.29 is 19.5 Å². The van der Waals surface area contributed by atoms with Gasteiger partial charge in [-0.3, -0.25) is 14.4 Å². The van der Waals surface area contributed by atoms with Crippen molar-refractivity contribution in [3.05, 3.63) is 0 Å². The van der Waals surface area contributed by atoms with E-state index in [2.05, 4.69) is 10.6 Å². The molecule has 0 aliphatic carbocycles. The quantitative estimate of drug-likeness (QED) is 0.551. The van der Waals surface area contributed by atoms with Crippen LogP contribution in [0.1, 0.15) is 46.5 Å². The number of aliphatic hydroxyl groups is 1. The fraction of sp³-hybridized carbons (Fsp3) is 0.824. The molecule has 0 saturated carbocycles. The minimum Gasteiger partial charge on any atom is -0.389 e. The lowest BCUT2D eigenvalue weighted by Crippen LogP contribution is -2.59. The summed E-state index contributed by atoms with van der Waals surface area (Å²) < 4.78 is 0. The van der Waals surface area contributed by atoms with Crippen molar-refractivity contribution >= 4 is 17.6 Å². The molecule has 1 heterocycles. The number of carbonyl (C=O) groups excluding carboxylic acids is 3. The van der Waals surface area contributed by atoms with Crippen LogP contribution in [0, 0.1) is 5.92 Å². The molecule has 3 N–H and O–H groups in total. The standard InChI is InChI=1S/C17H31N3O4/c1-5-17(2,3)20(15(23)10-18-4)13(14(22)11-21)9-12-7-6-8-19-16(12)24/h12-13,18,21H,5-11H2,1-4H3,(H,19,24). The van der Waals surface area contributed by atoms with Crippen molar-refractivity contribution in [2.45, 2.75) is 58.0 Å². The molecule has 7 nitrogen and oxygen atoms in total. The highest BCUT2D eigenvalue weighted by atomic mass is 16.3. The average Bonchev–Trinajstić information content (AvgIpc) is 2.55. The average molecular weight is 341 g/mol. The van der Waals surface area contributed by atoms with Crippen LogP contribution in [0.2, 0.25) is 0 Å². The Morgan fingerprint density at radius 1 is 1.46 bits per heavy atom. The van der Waals surface area contributed by atoms with Crippen molar-refractivity contribution in [1.29, 1.82) is 0 Å². The fourth-order valence-corrected chi connectivity index (χ4v) is 3.16.